The smallest absolute Gasteiger partial charge is 0.306 e. The van der Waals surface area contributed by atoms with Crippen LogP contribution < -0.4 is 5.73 Å². The van der Waals surface area contributed by atoms with E-state index in [-0.39, 0.29) is 61.9 Å². The van der Waals surface area contributed by atoms with Crippen LogP contribution in [0.15, 0.2) is 47.6 Å². The van der Waals surface area contributed by atoms with Crippen molar-refractivity contribution in [3.05, 3.63) is 47.6 Å². The molecule has 0 spiro atoms. The summed E-state index contributed by atoms with van der Waals surface area (Å²) in [4.78, 5) is 13.7. The SMILES string of the molecule is CC1=CC(C)C(O)C(C)=CC(OC2OC(CO)C(O)C(O)C2O)C(O)C(C)C(O)CC(O)C=CC(C)C(O)C(C)CCC(O)CC(O)C(C)C(O)C(C)C(O)CC(O)CC(O)C(C)C(C(C)CC(C)CCC(O)CCCN)OC(=O)CCCCCC(O)C(C)C(O)C(C)CC=CC(C)C1O. The number of hydrogen-bond acceptors (Lipinski definition) is 24. The van der Waals surface area contributed by atoms with Gasteiger partial charge in [-0.25, -0.2) is 0 Å². The number of aliphatic hydroxyl groups is 19. The van der Waals surface area contributed by atoms with Crippen LogP contribution in [0.4, 0.5) is 0 Å². The van der Waals surface area contributed by atoms with Crippen molar-refractivity contribution in [2.45, 2.75) is 341 Å². The van der Waals surface area contributed by atoms with E-state index in [1.165, 1.54) is 19.1 Å². The second-order valence-corrected chi connectivity index (χ2v) is 31.1. The molecule has 0 radical (unpaired) electrons. The lowest BCUT2D eigenvalue weighted by Crippen LogP contribution is -2.60. The van der Waals surface area contributed by atoms with E-state index in [0.717, 1.165) is 0 Å². The number of ether oxygens (including phenoxy) is 3. The number of nitrogens with two attached hydrogens (primary N) is 1. The highest BCUT2D eigenvalue weighted by Crippen LogP contribution is 2.34. The van der Waals surface area contributed by atoms with E-state index < -0.39 is 200 Å². The van der Waals surface area contributed by atoms with Crippen LogP contribution >= 0.6 is 0 Å². The maximum atomic E-state index is 13.7. The van der Waals surface area contributed by atoms with Crippen molar-refractivity contribution in [3.8, 4) is 0 Å². The van der Waals surface area contributed by atoms with Crippen LogP contribution in [0, 0.1) is 71.0 Å². The molecule has 34 unspecified atom stereocenters. The van der Waals surface area contributed by atoms with Crippen molar-refractivity contribution < 1.29 is 116 Å². The maximum Gasteiger partial charge on any atom is 0.306 e. The molecule has 2 rings (SSSR count). The fourth-order valence-corrected chi connectivity index (χ4v) is 14.2. The van der Waals surface area contributed by atoms with E-state index in [1.807, 2.05) is 32.9 Å². The summed E-state index contributed by atoms with van der Waals surface area (Å²) in [7, 11) is 0. The Bertz CT molecular complexity index is 2330. The first-order valence-electron chi connectivity index (χ1n) is 37.5. The van der Waals surface area contributed by atoms with Gasteiger partial charge < -0.3 is 117 Å². The van der Waals surface area contributed by atoms with Gasteiger partial charge in [0.15, 0.2) is 6.29 Å². The zero-order chi connectivity index (χ0) is 76.2. The summed E-state index contributed by atoms with van der Waals surface area (Å²) in [5.74, 6) is -6.85. The summed E-state index contributed by atoms with van der Waals surface area (Å²) in [6.07, 6.45) is -13.0. The van der Waals surface area contributed by atoms with Crippen molar-refractivity contribution >= 4 is 5.97 Å². The number of esters is 1. The second-order valence-electron chi connectivity index (χ2n) is 31.1. The molecular formula is C76H141NO23. The molecule has 0 aromatic rings. The highest BCUT2D eigenvalue weighted by Gasteiger charge is 2.46. The minimum Gasteiger partial charge on any atom is -0.462 e. The molecule has 2 aliphatic rings. The molecule has 2 heterocycles. The standard InChI is InChI=1S/C76H141NO23/c1-40(25-28-54(79)22-19-31-77)32-48(9)75-53(14)62(87)38-57(82)37-61(86)51(12)70(93)50(11)59(84)35-55(80)29-26-43(4)66(89)44(5)27-30-56(81)36-60(85)52(13)71(94)63(98-76-74(97)73(96)72(95)64(39-78)99-76)34-47(8)68(91)46(7)33-45(6)67(90)41(2)20-18-21-42(3)69(92)49(10)58(83)23-16-15-17-24-65(88)100-75/h18,20,27,30,33-34,40-44,46,48-64,66-76,78-87,89-97H,15-17,19,21-26,28-29,31-32,35-39,77H2,1-14H3. The van der Waals surface area contributed by atoms with Crippen LogP contribution in [0.25, 0.3) is 0 Å². The number of aliphatic hydroxyl groups excluding tert-OH is 19. The Morgan fingerprint density at radius 3 is 1.68 bits per heavy atom. The molecule has 588 valence electrons. The van der Waals surface area contributed by atoms with Crippen LogP contribution in [0.2, 0.25) is 0 Å². The molecule has 24 nitrogen and oxygen atoms in total. The highest BCUT2D eigenvalue weighted by atomic mass is 16.7. The maximum absolute atomic E-state index is 13.7. The number of allylic oxidation sites excluding steroid dienone is 1. The molecule has 21 N–H and O–H groups in total. The van der Waals surface area contributed by atoms with E-state index in [0.29, 0.717) is 82.7 Å². The molecule has 100 heavy (non-hydrogen) atoms. The molecule has 0 amide bonds. The molecule has 34 atom stereocenters. The predicted octanol–water partition coefficient (Wildman–Crippen LogP) is 3.74. The van der Waals surface area contributed by atoms with E-state index in [9.17, 15) is 102 Å². The third-order valence-electron chi connectivity index (χ3n) is 22.1. The van der Waals surface area contributed by atoms with Crippen LogP contribution in [0.3, 0.4) is 0 Å². The summed E-state index contributed by atoms with van der Waals surface area (Å²) < 4.78 is 17.9. The van der Waals surface area contributed by atoms with Gasteiger partial charge in [-0.05, 0) is 139 Å². The van der Waals surface area contributed by atoms with Gasteiger partial charge in [-0.15, -0.1) is 0 Å². The Morgan fingerprint density at radius 2 is 1.08 bits per heavy atom. The Morgan fingerprint density at radius 1 is 0.530 bits per heavy atom. The van der Waals surface area contributed by atoms with Gasteiger partial charge in [0.25, 0.3) is 0 Å². The number of carbonyl (C=O) groups excluding carboxylic acids is 1. The van der Waals surface area contributed by atoms with Crippen molar-refractivity contribution in [3.63, 3.8) is 0 Å². The third kappa shape index (κ3) is 31.5. The summed E-state index contributed by atoms with van der Waals surface area (Å²) >= 11 is 0. The first-order chi connectivity index (χ1) is 46.7. The largest absolute Gasteiger partial charge is 0.462 e. The molecule has 2 aliphatic heterocycles. The molecule has 1 saturated heterocycles. The second kappa shape index (κ2) is 47.3. The lowest BCUT2D eigenvalue weighted by Gasteiger charge is -2.41. The molecule has 0 aromatic carbocycles. The fourth-order valence-electron chi connectivity index (χ4n) is 14.2. The van der Waals surface area contributed by atoms with Crippen molar-refractivity contribution in [1.29, 1.82) is 0 Å². The van der Waals surface area contributed by atoms with Gasteiger partial charge in [0.05, 0.1) is 98.2 Å². The Kier molecular flexibility index (Phi) is 44.3. The van der Waals surface area contributed by atoms with E-state index >= 15 is 0 Å². The molecule has 0 saturated carbocycles. The molecule has 24 heteroatoms. The summed E-state index contributed by atoms with van der Waals surface area (Å²) in [6, 6.07) is 0. The van der Waals surface area contributed by atoms with E-state index in [4.69, 9.17) is 19.9 Å². The van der Waals surface area contributed by atoms with Gasteiger partial charge in [-0.1, -0.05) is 132 Å². The first kappa shape index (κ1) is 93.6. The molecule has 0 aliphatic carbocycles. The lowest BCUT2D eigenvalue weighted by molar-refractivity contribution is -0.314. The quantitative estimate of drug-likeness (QED) is 0.0977. The van der Waals surface area contributed by atoms with E-state index in [2.05, 4.69) is 6.92 Å². The summed E-state index contributed by atoms with van der Waals surface area (Å²) in [5, 5.41) is 212. The number of rotatable bonds is 12. The van der Waals surface area contributed by atoms with Gasteiger partial charge in [-0.3, -0.25) is 4.79 Å². The average Bonchev–Trinajstić information content (AvgIpc) is 0.809. The van der Waals surface area contributed by atoms with Crippen molar-refractivity contribution in [1.82, 2.24) is 0 Å². The average molecular weight is 1440 g/mol. The highest BCUT2D eigenvalue weighted by molar-refractivity contribution is 5.69. The lowest BCUT2D eigenvalue weighted by atomic mass is 9.80. The zero-order valence-electron chi connectivity index (χ0n) is 62.7. The van der Waals surface area contributed by atoms with Gasteiger partial charge in [0.2, 0.25) is 0 Å². The van der Waals surface area contributed by atoms with Crippen LogP contribution in [0.5, 0.6) is 0 Å². The Hall–Kier alpha value is -2.45. The van der Waals surface area contributed by atoms with Crippen molar-refractivity contribution in [2.75, 3.05) is 13.2 Å². The normalized spacial score (nSPS) is 42.4. The number of cyclic esters (lactones) is 1. The Labute approximate surface area is 597 Å². The summed E-state index contributed by atoms with van der Waals surface area (Å²) in [5.41, 5.74) is 6.42. The minimum atomic E-state index is -1.88. The van der Waals surface area contributed by atoms with Gasteiger partial charge in [-0.2, -0.15) is 0 Å². The minimum absolute atomic E-state index is 0.0653. The van der Waals surface area contributed by atoms with Crippen molar-refractivity contribution in [2.24, 2.45) is 76.7 Å². The van der Waals surface area contributed by atoms with E-state index in [1.54, 1.807) is 74.5 Å². The van der Waals surface area contributed by atoms with Crippen LogP contribution in [-0.4, -0.2) is 251 Å². The third-order valence-corrected chi connectivity index (χ3v) is 22.1. The zero-order valence-corrected chi connectivity index (χ0v) is 62.7. The molecular weight excluding hydrogens is 1290 g/mol. The topological polar surface area (TPSA) is 455 Å². The first-order valence-corrected chi connectivity index (χ1v) is 37.5. The Balaban J connectivity index is 2.48. The molecule has 0 bridgehead atoms. The van der Waals surface area contributed by atoms with Gasteiger partial charge in [0.1, 0.15) is 36.6 Å². The van der Waals surface area contributed by atoms with Gasteiger partial charge >= 0.3 is 5.97 Å². The van der Waals surface area contributed by atoms with Gasteiger partial charge in [0, 0.05) is 60.2 Å². The number of carbonyl (C=O) groups is 1. The molecule has 0 aromatic heterocycles. The van der Waals surface area contributed by atoms with Crippen LogP contribution in [0.1, 0.15) is 206 Å². The molecule has 1 fully saturated rings. The van der Waals surface area contributed by atoms with Crippen LogP contribution in [-0.2, 0) is 19.0 Å². The summed E-state index contributed by atoms with van der Waals surface area (Å²) in [6.45, 7) is 24.0. The predicted molar refractivity (Wildman–Crippen MR) is 382 cm³/mol. The fraction of sp³-hybridized carbons (Fsp3) is 0.882. The monoisotopic (exact) mass is 1440 g/mol. The number of hydrogen-bond donors (Lipinski definition) is 20.